The van der Waals surface area contributed by atoms with Crippen molar-refractivity contribution in [3.63, 3.8) is 0 Å². The van der Waals surface area contributed by atoms with Gasteiger partial charge < -0.3 is 0 Å². The third-order valence-electron chi connectivity index (χ3n) is 8.95. The van der Waals surface area contributed by atoms with Gasteiger partial charge in [0.2, 0.25) is 0 Å². The fraction of sp³-hybridized carbons (Fsp3) is 0.955. The number of halogens is 1. The van der Waals surface area contributed by atoms with Crippen molar-refractivity contribution in [3.05, 3.63) is 0 Å². The van der Waals surface area contributed by atoms with Crippen LogP contribution in [-0.4, -0.2) is 10.6 Å². The molecule has 136 valence electrons. The second-order valence-electron chi connectivity index (χ2n) is 10.0. The summed E-state index contributed by atoms with van der Waals surface area (Å²) in [5, 5.41) is 0. The molecule has 9 unspecified atom stereocenters. The molecule has 2 heteroatoms. The highest BCUT2D eigenvalue weighted by molar-refractivity contribution is 9.10. The Kier molecular flexibility index (Phi) is 4.68. The van der Waals surface area contributed by atoms with Crippen molar-refractivity contribution in [2.45, 2.75) is 83.4 Å². The van der Waals surface area contributed by atoms with Crippen LogP contribution in [0.25, 0.3) is 0 Å². The molecule has 0 aromatic heterocycles. The van der Waals surface area contributed by atoms with E-state index in [2.05, 4.69) is 29.8 Å². The molecule has 0 radical (unpaired) electrons. The lowest BCUT2D eigenvalue weighted by Gasteiger charge is -2.56. The average Bonchev–Trinajstić information content (AvgIpc) is 2.90. The first-order valence-corrected chi connectivity index (χ1v) is 11.5. The smallest absolute Gasteiger partial charge is 0.149 e. The van der Waals surface area contributed by atoms with Crippen LogP contribution in [0.15, 0.2) is 0 Å². The number of rotatable bonds is 2. The van der Waals surface area contributed by atoms with Crippen LogP contribution in [0, 0.1) is 46.8 Å². The zero-order chi connectivity index (χ0) is 17.1. The summed E-state index contributed by atoms with van der Waals surface area (Å²) in [6, 6.07) is 0. The van der Waals surface area contributed by atoms with Gasteiger partial charge in [-0.15, -0.1) is 0 Å². The van der Waals surface area contributed by atoms with E-state index in [1.54, 1.807) is 0 Å². The molecule has 4 fully saturated rings. The molecular weight excluding hydrogens is 360 g/mol. The van der Waals surface area contributed by atoms with Gasteiger partial charge in [-0.05, 0) is 99.2 Å². The molecule has 4 rings (SSSR count). The highest BCUT2D eigenvalue weighted by atomic mass is 79.9. The number of Topliss-reactive ketones (excluding diaryl/α,β-unsaturated/α-hetero) is 1. The molecule has 1 nitrogen and oxygen atoms in total. The van der Waals surface area contributed by atoms with Gasteiger partial charge in [0.1, 0.15) is 5.78 Å². The monoisotopic (exact) mass is 394 g/mol. The second-order valence-corrected chi connectivity index (χ2v) is 11.4. The summed E-state index contributed by atoms with van der Waals surface area (Å²) in [4.78, 5) is 12.8. The van der Waals surface area contributed by atoms with Crippen LogP contribution in [0.1, 0.15) is 78.6 Å². The van der Waals surface area contributed by atoms with Crippen LogP contribution >= 0.6 is 15.9 Å². The predicted molar refractivity (Wildman–Crippen MR) is 103 cm³/mol. The molecule has 0 bridgehead atoms. The summed E-state index contributed by atoms with van der Waals surface area (Å²) in [5.74, 6) is 6.57. The van der Waals surface area contributed by atoms with Crippen LogP contribution in [0.5, 0.6) is 0 Å². The molecule has 0 aliphatic heterocycles. The van der Waals surface area contributed by atoms with Gasteiger partial charge >= 0.3 is 0 Å². The Morgan fingerprint density at radius 3 is 2.50 bits per heavy atom. The van der Waals surface area contributed by atoms with Crippen molar-refractivity contribution in [3.8, 4) is 0 Å². The minimum absolute atomic E-state index is 0.0337. The SMILES string of the molecule is CC1CCC2C(CCC3C2CCC2(C)C(C(=O)C(C)Br)CCC32)C1. The van der Waals surface area contributed by atoms with E-state index < -0.39 is 0 Å². The van der Waals surface area contributed by atoms with Gasteiger partial charge in [0.25, 0.3) is 0 Å². The zero-order valence-corrected chi connectivity index (χ0v) is 17.4. The minimum atomic E-state index is 0.0337. The maximum atomic E-state index is 12.8. The molecule has 0 spiro atoms. The third-order valence-corrected chi connectivity index (χ3v) is 9.40. The van der Waals surface area contributed by atoms with E-state index in [4.69, 9.17) is 0 Å². The molecule has 4 saturated carbocycles. The highest BCUT2D eigenvalue weighted by Gasteiger charge is 2.58. The van der Waals surface area contributed by atoms with Gasteiger partial charge in [-0.25, -0.2) is 0 Å². The summed E-state index contributed by atoms with van der Waals surface area (Å²) in [6.07, 6.45) is 12.6. The molecule has 24 heavy (non-hydrogen) atoms. The zero-order valence-electron chi connectivity index (χ0n) is 15.8. The molecule has 0 amide bonds. The molecule has 0 heterocycles. The topological polar surface area (TPSA) is 17.1 Å². The minimum Gasteiger partial charge on any atom is -0.298 e. The van der Waals surface area contributed by atoms with Gasteiger partial charge in [-0.3, -0.25) is 4.79 Å². The van der Waals surface area contributed by atoms with Gasteiger partial charge in [-0.2, -0.15) is 0 Å². The summed E-state index contributed by atoms with van der Waals surface area (Å²) in [6.45, 7) is 6.97. The molecular formula is C22H35BrO. The Hall–Kier alpha value is 0.150. The van der Waals surface area contributed by atoms with Gasteiger partial charge in [0, 0.05) is 5.92 Å². The lowest BCUT2D eigenvalue weighted by molar-refractivity contribution is -0.129. The Morgan fingerprint density at radius 2 is 1.75 bits per heavy atom. The van der Waals surface area contributed by atoms with Crippen LogP contribution in [0.3, 0.4) is 0 Å². The second kappa shape index (κ2) is 6.39. The molecule has 0 aromatic rings. The summed E-state index contributed by atoms with van der Waals surface area (Å²) in [5.41, 5.74) is 0.301. The standard InChI is InChI=1S/C22H35BrO/c1-13-4-6-16-15(12-13)5-7-18-17(16)10-11-22(3)19(18)8-9-20(22)21(24)14(2)23/h13-20H,4-12H2,1-3H3. The summed E-state index contributed by atoms with van der Waals surface area (Å²) in [7, 11) is 0. The van der Waals surface area contributed by atoms with E-state index in [0.717, 1.165) is 41.9 Å². The number of carbonyl (C=O) groups excluding carboxylic acids is 1. The van der Waals surface area contributed by atoms with Crippen molar-refractivity contribution in [2.24, 2.45) is 46.8 Å². The predicted octanol–water partition coefficient (Wildman–Crippen LogP) is 6.24. The first kappa shape index (κ1) is 17.6. The maximum Gasteiger partial charge on any atom is 0.149 e. The molecule has 4 aliphatic carbocycles. The fourth-order valence-electron chi connectivity index (χ4n) is 7.83. The van der Waals surface area contributed by atoms with E-state index in [0.29, 0.717) is 17.1 Å². The first-order chi connectivity index (χ1) is 11.4. The summed E-state index contributed by atoms with van der Waals surface area (Å²) >= 11 is 3.56. The molecule has 9 atom stereocenters. The maximum absolute atomic E-state index is 12.8. The van der Waals surface area contributed by atoms with E-state index in [1.807, 2.05) is 6.92 Å². The van der Waals surface area contributed by atoms with Crippen LogP contribution < -0.4 is 0 Å². The van der Waals surface area contributed by atoms with Crippen LogP contribution in [0.2, 0.25) is 0 Å². The van der Waals surface area contributed by atoms with Crippen molar-refractivity contribution < 1.29 is 4.79 Å². The number of hydrogen-bond donors (Lipinski definition) is 0. The molecule has 0 N–H and O–H groups in total. The lowest BCUT2D eigenvalue weighted by Crippen LogP contribution is -2.49. The van der Waals surface area contributed by atoms with Gasteiger partial charge in [0.15, 0.2) is 0 Å². The van der Waals surface area contributed by atoms with E-state index in [1.165, 1.54) is 51.4 Å². The first-order valence-electron chi connectivity index (χ1n) is 10.6. The molecule has 4 aliphatic rings. The van der Waals surface area contributed by atoms with Crippen LogP contribution in [-0.2, 0) is 4.79 Å². The normalized spacial score (nSPS) is 52.1. The Morgan fingerprint density at radius 1 is 1.00 bits per heavy atom. The number of hydrogen-bond acceptors (Lipinski definition) is 1. The Labute approximate surface area is 156 Å². The number of fused-ring (bicyclic) bond motifs is 5. The highest BCUT2D eigenvalue weighted by Crippen LogP contribution is 2.64. The largest absolute Gasteiger partial charge is 0.298 e. The third kappa shape index (κ3) is 2.65. The summed E-state index contributed by atoms with van der Waals surface area (Å²) < 4.78 is 0. The van der Waals surface area contributed by atoms with E-state index in [-0.39, 0.29) is 4.83 Å². The van der Waals surface area contributed by atoms with Gasteiger partial charge in [0.05, 0.1) is 4.83 Å². The average molecular weight is 395 g/mol. The lowest BCUT2D eigenvalue weighted by atomic mass is 9.49. The van der Waals surface area contributed by atoms with Crippen molar-refractivity contribution in [1.29, 1.82) is 0 Å². The number of carbonyl (C=O) groups is 1. The van der Waals surface area contributed by atoms with Crippen molar-refractivity contribution >= 4 is 21.7 Å². The van der Waals surface area contributed by atoms with E-state index in [9.17, 15) is 4.79 Å². The van der Waals surface area contributed by atoms with E-state index >= 15 is 0 Å². The fourth-order valence-corrected chi connectivity index (χ4v) is 8.15. The number of alkyl halides is 1. The van der Waals surface area contributed by atoms with Crippen molar-refractivity contribution in [1.82, 2.24) is 0 Å². The van der Waals surface area contributed by atoms with Crippen molar-refractivity contribution in [2.75, 3.05) is 0 Å². The Bertz CT molecular complexity index is 500. The van der Waals surface area contributed by atoms with Gasteiger partial charge in [-0.1, -0.05) is 36.2 Å². The number of ketones is 1. The molecule has 0 aromatic carbocycles. The molecule has 0 saturated heterocycles. The van der Waals surface area contributed by atoms with Crippen LogP contribution in [0.4, 0.5) is 0 Å². The Balaban J connectivity index is 1.54. The quantitative estimate of drug-likeness (QED) is 0.506.